The number of allylic oxidation sites excluding steroid dienone is 1. The maximum atomic E-state index is 9.47. The second-order valence-electron chi connectivity index (χ2n) is 8.11. The number of pyridine rings is 1. The van der Waals surface area contributed by atoms with Crippen LogP contribution in [0.3, 0.4) is 0 Å². The van der Waals surface area contributed by atoms with Crippen molar-refractivity contribution in [2.75, 3.05) is 0 Å². The van der Waals surface area contributed by atoms with Crippen LogP contribution in [0.4, 0.5) is 0 Å². The number of rotatable bonds is 3. The lowest BCUT2D eigenvalue weighted by Crippen LogP contribution is -2.04. The monoisotopic (exact) mass is 424 g/mol. The van der Waals surface area contributed by atoms with Crippen molar-refractivity contribution in [2.45, 2.75) is 46.6 Å². The second kappa shape index (κ2) is 7.79. The van der Waals surface area contributed by atoms with Crippen LogP contribution in [0.25, 0.3) is 16.7 Å². The molecule has 3 heterocycles. The average molecular weight is 425 g/mol. The van der Waals surface area contributed by atoms with Gasteiger partial charge >= 0.3 is 0 Å². The topological polar surface area (TPSA) is 54.5 Å². The summed E-state index contributed by atoms with van der Waals surface area (Å²) >= 11 is 1.86. The molecule has 0 atom stereocenters. The van der Waals surface area contributed by atoms with E-state index in [0.717, 1.165) is 54.1 Å². The number of hydrogen-bond donors (Lipinski definition) is 0. The molecule has 0 amide bonds. The quantitative estimate of drug-likeness (QED) is 0.392. The number of benzene rings is 1. The number of thiophene rings is 1. The van der Waals surface area contributed by atoms with Crippen LogP contribution in [-0.4, -0.2) is 14.5 Å². The van der Waals surface area contributed by atoms with Gasteiger partial charge in [-0.25, -0.2) is 9.97 Å². The lowest BCUT2D eigenvalue weighted by Gasteiger charge is -2.09. The zero-order valence-corrected chi connectivity index (χ0v) is 18.9. The number of nitrogens with zero attached hydrogens (tertiary/aromatic N) is 4. The first-order valence-corrected chi connectivity index (χ1v) is 11.5. The van der Waals surface area contributed by atoms with Crippen LogP contribution in [0.15, 0.2) is 42.5 Å². The molecule has 0 fully saturated rings. The van der Waals surface area contributed by atoms with E-state index in [-0.39, 0.29) is 0 Å². The first-order chi connectivity index (χ1) is 15.1. The van der Waals surface area contributed by atoms with E-state index in [0.29, 0.717) is 0 Å². The predicted molar refractivity (Wildman–Crippen MR) is 126 cm³/mol. The minimum atomic E-state index is 0.759. The largest absolute Gasteiger partial charge is 0.307 e. The van der Waals surface area contributed by atoms with Gasteiger partial charge in [-0.3, -0.25) is 0 Å². The van der Waals surface area contributed by atoms with Crippen LogP contribution in [-0.2, 0) is 25.8 Å². The molecule has 154 valence electrons. The lowest BCUT2D eigenvalue weighted by molar-refractivity contribution is 0.753. The lowest BCUT2D eigenvalue weighted by atomic mass is 9.96. The minimum Gasteiger partial charge on any atom is -0.307 e. The van der Waals surface area contributed by atoms with Gasteiger partial charge in [0.1, 0.15) is 11.3 Å². The Labute approximate surface area is 186 Å². The highest BCUT2D eigenvalue weighted by molar-refractivity contribution is 7.12. The molecule has 5 heteroatoms. The molecular formula is C26H24N4S. The van der Waals surface area contributed by atoms with Crippen molar-refractivity contribution in [3.8, 4) is 6.07 Å². The van der Waals surface area contributed by atoms with E-state index >= 15 is 0 Å². The molecule has 0 unspecified atom stereocenters. The number of nitriles is 1. The normalized spacial score (nSPS) is 14.3. The molecule has 1 aliphatic carbocycles. The number of imidazole rings is 1. The van der Waals surface area contributed by atoms with Crippen molar-refractivity contribution in [3.63, 3.8) is 0 Å². The standard InChI is InChI=1S/C26H24N4S/c1-4-24-29-25-16(2)13-17(3)28-26(25)30(24)15-19-14-22-21(11-12-27)20-8-6-5-7-18(20)9-10-23(22)31-19/h5-8,11,13-14H,4,9-10,15H2,1-3H3/b21-11-. The Morgan fingerprint density at radius 2 is 1.97 bits per heavy atom. The summed E-state index contributed by atoms with van der Waals surface area (Å²) in [6.07, 6.45) is 4.58. The van der Waals surface area contributed by atoms with Gasteiger partial charge in [0, 0.05) is 33.5 Å². The average Bonchev–Trinajstić information content (AvgIpc) is 3.28. The van der Waals surface area contributed by atoms with Gasteiger partial charge in [-0.2, -0.15) is 5.26 Å². The highest BCUT2D eigenvalue weighted by atomic mass is 32.1. The van der Waals surface area contributed by atoms with E-state index < -0.39 is 0 Å². The van der Waals surface area contributed by atoms with Gasteiger partial charge in [-0.1, -0.05) is 31.2 Å². The molecule has 0 saturated heterocycles. The molecule has 3 aromatic heterocycles. The summed E-state index contributed by atoms with van der Waals surface area (Å²) in [7, 11) is 0. The van der Waals surface area contributed by atoms with Crippen molar-refractivity contribution in [1.82, 2.24) is 14.5 Å². The second-order valence-corrected chi connectivity index (χ2v) is 9.34. The third-order valence-corrected chi connectivity index (χ3v) is 7.20. The molecule has 0 saturated carbocycles. The van der Waals surface area contributed by atoms with Crippen molar-refractivity contribution in [3.05, 3.63) is 86.0 Å². The fraction of sp³-hybridized carbons (Fsp3) is 0.269. The van der Waals surface area contributed by atoms with Crippen molar-refractivity contribution in [2.24, 2.45) is 0 Å². The van der Waals surface area contributed by atoms with Crippen LogP contribution in [0, 0.1) is 25.2 Å². The SMILES string of the molecule is CCc1nc2c(C)cc(C)nc2n1Cc1cc2c(s1)CCc1ccccc1/C2=C/C#N. The van der Waals surface area contributed by atoms with Crippen molar-refractivity contribution in [1.29, 1.82) is 5.26 Å². The summed E-state index contributed by atoms with van der Waals surface area (Å²) in [6.45, 7) is 7.06. The van der Waals surface area contributed by atoms with Gasteiger partial charge in [0.25, 0.3) is 0 Å². The summed E-state index contributed by atoms with van der Waals surface area (Å²) in [5.74, 6) is 1.07. The van der Waals surface area contributed by atoms with Crippen LogP contribution in [0.1, 0.15) is 50.5 Å². The molecule has 4 aromatic rings. The Hall–Kier alpha value is -3.23. The Bertz CT molecular complexity index is 1380. The number of aromatic nitrogens is 3. The minimum absolute atomic E-state index is 0.759. The number of aryl methyl sites for hydroxylation is 5. The molecular weight excluding hydrogens is 400 g/mol. The number of fused-ring (bicyclic) bond motifs is 3. The molecule has 1 aliphatic rings. The first-order valence-electron chi connectivity index (χ1n) is 10.7. The summed E-state index contributed by atoms with van der Waals surface area (Å²) in [5.41, 5.74) is 8.91. The smallest absolute Gasteiger partial charge is 0.160 e. The van der Waals surface area contributed by atoms with Gasteiger partial charge in [0.15, 0.2) is 5.65 Å². The Morgan fingerprint density at radius 1 is 1.13 bits per heavy atom. The predicted octanol–water partition coefficient (Wildman–Crippen LogP) is 5.77. The van der Waals surface area contributed by atoms with E-state index in [2.05, 4.69) is 60.9 Å². The van der Waals surface area contributed by atoms with Crippen molar-refractivity contribution < 1.29 is 0 Å². The van der Waals surface area contributed by atoms with E-state index in [9.17, 15) is 5.26 Å². The zero-order valence-electron chi connectivity index (χ0n) is 18.1. The summed E-state index contributed by atoms with van der Waals surface area (Å²) < 4.78 is 2.27. The summed E-state index contributed by atoms with van der Waals surface area (Å²) in [4.78, 5) is 12.4. The summed E-state index contributed by atoms with van der Waals surface area (Å²) in [5, 5.41) is 9.47. The van der Waals surface area contributed by atoms with Gasteiger partial charge in [-0.05, 0) is 61.1 Å². The Kier molecular flexibility index (Phi) is 4.95. The first kappa shape index (κ1) is 19.7. The van der Waals surface area contributed by atoms with E-state index in [1.165, 1.54) is 32.0 Å². The molecule has 31 heavy (non-hydrogen) atoms. The van der Waals surface area contributed by atoms with Crippen LogP contribution in [0.5, 0.6) is 0 Å². The maximum absolute atomic E-state index is 9.47. The molecule has 0 bridgehead atoms. The van der Waals surface area contributed by atoms with Gasteiger partial charge in [-0.15, -0.1) is 11.3 Å². The van der Waals surface area contributed by atoms with E-state index in [1.807, 2.05) is 18.3 Å². The fourth-order valence-corrected chi connectivity index (χ4v) is 5.80. The van der Waals surface area contributed by atoms with E-state index in [4.69, 9.17) is 9.97 Å². The van der Waals surface area contributed by atoms with Crippen LogP contribution < -0.4 is 0 Å². The highest BCUT2D eigenvalue weighted by Crippen LogP contribution is 2.38. The summed E-state index contributed by atoms with van der Waals surface area (Å²) in [6, 6.07) is 15.1. The van der Waals surface area contributed by atoms with Gasteiger partial charge in [0.05, 0.1) is 12.6 Å². The molecule has 1 aromatic carbocycles. The maximum Gasteiger partial charge on any atom is 0.160 e. The van der Waals surface area contributed by atoms with Crippen molar-refractivity contribution >= 4 is 28.1 Å². The van der Waals surface area contributed by atoms with Crippen LogP contribution in [0.2, 0.25) is 0 Å². The molecule has 0 radical (unpaired) electrons. The molecule has 0 aliphatic heterocycles. The number of hydrogen-bond acceptors (Lipinski definition) is 4. The zero-order chi connectivity index (χ0) is 21.5. The molecule has 0 N–H and O–H groups in total. The fourth-order valence-electron chi connectivity index (χ4n) is 4.63. The Morgan fingerprint density at radius 3 is 2.77 bits per heavy atom. The highest BCUT2D eigenvalue weighted by Gasteiger charge is 2.22. The third kappa shape index (κ3) is 3.37. The molecule has 0 spiro atoms. The third-order valence-electron chi connectivity index (χ3n) is 6.02. The Balaban J connectivity index is 1.61. The molecule has 5 rings (SSSR count). The van der Waals surface area contributed by atoms with Gasteiger partial charge < -0.3 is 4.57 Å². The van der Waals surface area contributed by atoms with Gasteiger partial charge in [0.2, 0.25) is 0 Å². The van der Waals surface area contributed by atoms with Crippen LogP contribution >= 0.6 is 11.3 Å². The molecule has 4 nitrogen and oxygen atoms in total. The van der Waals surface area contributed by atoms with E-state index in [1.54, 1.807) is 6.08 Å².